The highest BCUT2D eigenvalue weighted by atomic mass is 32.2. The van der Waals surface area contributed by atoms with Crippen molar-refractivity contribution in [2.24, 2.45) is 0 Å². The smallest absolute Gasteiger partial charge is 0.184 e. The number of hydrogen-bond donors (Lipinski definition) is 1. The first-order valence-corrected chi connectivity index (χ1v) is 7.36. The molecule has 0 aromatic heterocycles. The van der Waals surface area contributed by atoms with E-state index < -0.39 is 31.6 Å². The van der Waals surface area contributed by atoms with Gasteiger partial charge >= 0.3 is 0 Å². The molecular weight excluding hydrogens is 260 g/mol. The predicted molar refractivity (Wildman–Crippen MR) is 64.0 cm³/mol. The Morgan fingerprint density at radius 3 is 2.56 bits per heavy atom. The molecular formula is C12H15F2NO2S. The van der Waals surface area contributed by atoms with E-state index in [0.29, 0.717) is 18.9 Å². The molecule has 0 aliphatic heterocycles. The first kappa shape index (κ1) is 13.4. The van der Waals surface area contributed by atoms with Crippen molar-refractivity contribution in [3.8, 4) is 0 Å². The highest BCUT2D eigenvalue weighted by molar-refractivity contribution is 7.92. The fourth-order valence-corrected chi connectivity index (χ4v) is 4.25. The lowest BCUT2D eigenvalue weighted by atomic mass is 10.3. The van der Waals surface area contributed by atoms with Gasteiger partial charge in [-0.2, -0.15) is 0 Å². The van der Waals surface area contributed by atoms with Crippen molar-refractivity contribution in [1.29, 1.82) is 0 Å². The van der Waals surface area contributed by atoms with Gasteiger partial charge in [0.05, 0.1) is 5.25 Å². The molecule has 0 saturated heterocycles. The number of benzene rings is 1. The van der Waals surface area contributed by atoms with Crippen LogP contribution in [0.2, 0.25) is 0 Å². The zero-order valence-electron chi connectivity index (χ0n) is 9.99. The van der Waals surface area contributed by atoms with Gasteiger partial charge in [0.1, 0.15) is 16.5 Å². The summed E-state index contributed by atoms with van der Waals surface area (Å²) in [4.78, 5) is -0.398. The molecule has 1 aromatic carbocycles. The van der Waals surface area contributed by atoms with E-state index in [1.165, 1.54) is 0 Å². The molecule has 6 heteroatoms. The highest BCUT2D eigenvalue weighted by Crippen LogP contribution is 2.31. The van der Waals surface area contributed by atoms with Crippen LogP contribution in [-0.4, -0.2) is 26.8 Å². The third-order valence-corrected chi connectivity index (χ3v) is 5.68. The van der Waals surface area contributed by atoms with Gasteiger partial charge in [-0.3, -0.25) is 0 Å². The molecule has 2 unspecified atom stereocenters. The summed E-state index contributed by atoms with van der Waals surface area (Å²) in [5.41, 5.74) is 0. The van der Waals surface area contributed by atoms with Crippen LogP contribution in [0.1, 0.15) is 19.3 Å². The van der Waals surface area contributed by atoms with Crippen LogP contribution >= 0.6 is 0 Å². The van der Waals surface area contributed by atoms with Crippen molar-refractivity contribution in [1.82, 2.24) is 5.32 Å². The van der Waals surface area contributed by atoms with E-state index >= 15 is 0 Å². The zero-order chi connectivity index (χ0) is 13.3. The van der Waals surface area contributed by atoms with Crippen LogP contribution in [-0.2, 0) is 9.84 Å². The van der Waals surface area contributed by atoms with Crippen molar-refractivity contribution in [3.63, 3.8) is 0 Å². The quantitative estimate of drug-likeness (QED) is 0.857. The van der Waals surface area contributed by atoms with Gasteiger partial charge in [-0.05, 0) is 38.4 Å². The molecule has 18 heavy (non-hydrogen) atoms. The van der Waals surface area contributed by atoms with Crippen molar-refractivity contribution >= 4 is 9.84 Å². The summed E-state index contributed by atoms with van der Waals surface area (Å²) < 4.78 is 50.8. The number of hydrogen-bond acceptors (Lipinski definition) is 3. The second kappa shape index (κ2) is 4.93. The fraction of sp³-hybridized carbons (Fsp3) is 0.500. The second-order valence-electron chi connectivity index (χ2n) is 4.54. The minimum absolute atomic E-state index is 0.147. The monoisotopic (exact) mass is 275 g/mol. The molecule has 1 aliphatic carbocycles. The molecule has 3 nitrogen and oxygen atoms in total. The second-order valence-corrected chi connectivity index (χ2v) is 6.74. The maximum absolute atomic E-state index is 13.5. The fourth-order valence-electron chi connectivity index (χ4n) is 2.37. The van der Waals surface area contributed by atoms with Crippen LogP contribution < -0.4 is 5.32 Å². The van der Waals surface area contributed by atoms with Crippen LogP contribution in [0.5, 0.6) is 0 Å². The van der Waals surface area contributed by atoms with Crippen molar-refractivity contribution in [3.05, 3.63) is 29.8 Å². The third-order valence-electron chi connectivity index (χ3n) is 3.43. The van der Waals surface area contributed by atoms with Crippen LogP contribution in [0.15, 0.2) is 23.1 Å². The Balaban J connectivity index is 2.31. The molecule has 2 atom stereocenters. The third kappa shape index (κ3) is 2.40. The first-order valence-electron chi connectivity index (χ1n) is 5.81. The van der Waals surface area contributed by atoms with E-state index in [-0.39, 0.29) is 6.04 Å². The Kier molecular flexibility index (Phi) is 3.68. The van der Waals surface area contributed by atoms with Crippen LogP contribution in [0.25, 0.3) is 0 Å². The van der Waals surface area contributed by atoms with Crippen LogP contribution in [0.3, 0.4) is 0 Å². The topological polar surface area (TPSA) is 46.2 Å². The number of sulfone groups is 1. The van der Waals surface area contributed by atoms with Gasteiger partial charge in [0.15, 0.2) is 9.84 Å². The van der Waals surface area contributed by atoms with Crippen LogP contribution in [0, 0.1) is 11.6 Å². The van der Waals surface area contributed by atoms with Gasteiger partial charge < -0.3 is 5.32 Å². The molecule has 0 bridgehead atoms. The highest BCUT2D eigenvalue weighted by Gasteiger charge is 2.36. The summed E-state index contributed by atoms with van der Waals surface area (Å²) in [5, 5.41) is 2.43. The van der Waals surface area contributed by atoms with Gasteiger partial charge in [0, 0.05) is 12.1 Å². The van der Waals surface area contributed by atoms with Gasteiger partial charge in [0.2, 0.25) is 0 Å². The average molecular weight is 275 g/mol. The van der Waals surface area contributed by atoms with Gasteiger partial charge in [-0.1, -0.05) is 0 Å². The van der Waals surface area contributed by atoms with Crippen molar-refractivity contribution in [2.75, 3.05) is 7.05 Å². The van der Waals surface area contributed by atoms with Gasteiger partial charge in [-0.15, -0.1) is 0 Å². The first-order chi connectivity index (χ1) is 8.45. The molecule has 1 N–H and O–H groups in total. The van der Waals surface area contributed by atoms with E-state index in [0.717, 1.165) is 18.6 Å². The molecule has 2 rings (SSSR count). The molecule has 0 spiro atoms. The Morgan fingerprint density at radius 1 is 1.28 bits per heavy atom. The number of rotatable bonds is 3. The summed E-state index contributed by atoms with van der Waals surface area (Å²) >= 11 is 0. The molecule has 0 radical (unpaired) electrons. The summed E-state index contributed by atoms with van der Waals surface area (Å²) in [6.45, 7) is 0. The predicted octanol–water partition coefficient (Wildman–Crippen LogP) is 1.88. The number of nitrogens with one attached hydrogen (secondary N) is 1. The largest absolute Gasteiger partial charge is 0.317 e. The van der Waals surface area contributed by atoms with E-state index in [9.17, 15) is 17.2 Å². The van der Waals surface area contributed by atoms with E-state index in [2.05, 4.69) is 5.32 Å². The van der Waals surface area contributed by atoms with Crippen LogP contribution in [0.4, 0.5) is 8.78 Å². The Hall–Kier alpha value is -1.01. The Bertz CT molecular complexity index is 545. The lowest BCUT2D eigenvalue weighted by Gasteiger charge is -2.13. The SMILES string of the molecule is CNC1CCC(S(=O)(=O)c2ccc(F)cc2F)C1. The normalized spacial score (nSPS) is 24.4. The number of halogens is 2. The molecule has 100 valence electrons. The maximum Gasteiger partial charge on any atom is 0.184 e. The minimum Gasteiger partial charge on any atom is -0.317 e. The zero-order valence-corrected chi connectivity index (χ0v) is 10.8. The molecule has 0 heterocycles. The summed E-state index contributed by atoms with van der Waals surface area (Å²) in [6.07, 6.45) is 1.73. The minimum atomic E-state index is -3.71. The summed E-state index contributed by atoms with van der Waals surface area (Å²) in [7, 11) is -1.93. The molecule has 1 fully saturated rings. The molecule has 1 aliphatic rings. The van der Waals surface area contributed by atoms with E-state index in [1.807, 2.05) is 0 Å². The molecule has 0 amide bonds. The lowest BCUT2D eigenvalue weighted by molar-refractivity contribution is 0.539. The Labute approximate surface area is 105 Å². The van der Waals surface area contributed by atoms with Gasteiger partial charge in [-0.25, -0.2) is 17.2 Å². The molecule has 1 saturated carbocycles. The standard InChI is InChI=1S/C12H15F2NO2S/c1-15-9-3-4-10(7-9)18(16,17)12-5-2-8(13)6-11(12)14/h2,5-6,9-10,15H,3-4,7H2,1H3. The lowest BCUT2D eigenvalue weighted by Crippen LogP contribution is -2.25. The van der Waals surface area contributed by atoms with Crippen molar-refractivity contribution < 1.29 is 17.2 Å². The maximum atomic E-state index is 13.5. The average Bonchev–Trinajstić information content (AvgIpc) is 2.77. The van der Waals surface area contributed by atoms with E-state index in [1.54, 1.807) is 7.05 Å². The summed E-state index contributed by atoms with van der Waals surface area (Å²) in [6, 6.07) is 2.73. The Morgan fingerprint density at radius 2 is 2.00 bits per heavy atom. The van der Waals surface area contributed by atoms with E-state index in [4.69, 9.17) is 0 Å². The summed E-state index contributed by atoms with van der Waals surface area (Å²) in [5.74, 6) is -1.78. The van der Waals surface area contributed by atoms with Gasteiger partial charge in [0.25, 0.3) is 0 Å². The molecule has 1 aromatic rings. The van der Waals surface area contributed by atoms with Crippen molar-refractivity contribution in [2.45, 2.75) is 35.4 Å².